The highest BCUT2D eigenvalue weighted by Gasteiger charge is 2.24. The number of carbonyl (C=O) groups is 1. The zero-order valence-corrected chi connectivity index (χ0v) is 11.6. The van der Waals surface area contributed by atoms with E-state index in [0.717, 1.165) is 19.5 Å². The van der Waals surface area contributed by atoms with Crippen LogP contribution >= 0.6 is 0 Å². The second kappa shape index (κ2) is 5.17. The highest BCUT2D eigenvalue weighted by atomic mass is 16.4. The SMILES string of the molecule is CN[C@H]1CCN(n2cc(C(=O)O)c(=O)c3cccnc32)C1. The number of nitrogens with one attached hydrogen (secondary N) is 1. The van der Waals surface area contributed by atoms with Gasteiger partial charge in [0.25, 0.3) is 0 Å². The van der Waals surface area contributed by atoms with Crippen LogP contribution in [-0.2, 0) is 0 Å². The van der Waals surface area contributed by atoms with Gasteiger partial charge in [0.2, 0.25) is 5.43 Å². The lowest BCUT2D eigenvalue weighted by Gasteiger charge is -2.23. The highest BCUT2D eigenvalue weighted by molar-refractivity contribution is 5.91. The van der Waals surface area contributed by atoms with Crippen LogP contribution in [0.3, 0.4) is 0 Å². The Bertz CT molecular complexity index is 755. The van der Waals surface area contributed by atoms with Gasteiger partial charge >= 0.3 is 5.97 Å². The molecular formula is C14H16N4O3. The quantitative estimate of drug-likeness (QED) is 0.828. The third-order valence-electron chi connectivity index (χ3n) is 3.85. The number of fused-ring (bicyclic) bond motifs is 1. The van der Waals surface area contributed by atoms with Crippen molar-refractivity contribution in [2.75, 3.05) is 25.1 Å². The van der Waals surface area contributed by atoms with Crippen LogP contribution in [0.25, 0.3) is 11.0 Å². The fourth-order valence-electron chi connectivity index (χ4n) is 2.69. The molecule has 1 aliphatic heterocycles. The summed E-state index contributed by atoms with van der Waals surface area (Å²) in [6.45, 7) is 1.52. The average molecular weight is 288 g/mol. The van der Waals surface area contributed by atoms with Gasteiger partial charge in [-0.15, -0.1) is 0 Å². The Morgan fingerprint density at radius 2 is 2.33 bits per heavy atom. The summed E-state index contributed by atoms with van der Waals surface area (Å²) in [5.41, 5.74) is -0.237. The molecule has 21 heavy (non-hydrogen) atoms. The summed E-state index contributed by atoms with van der Waals surface area (Å²) < 4.78 is 1.69. The molecule has 0 bridgehead atoms. The normalized spacial score (nSPS) is 18.3. The van der Waals surface area contributed by atoms with Crippen molar-refractivity contribution >= 4 is 17.0 Å². The summed E-state index contributed by atoms with van der Waals surface area (Å²) in [6, 6.07) is 3.59. The lowest BCUT2D eigenvalue weighted by Crippen LogP contribution is -2.38. The smallest absolute Gasteiger partial charge is 0.341 e. The van der Waals surface area contributed by atoms with Crippen LogP contribution in [-0.4, -0.2) is 46.9 Å². The molecular weight excluding hydrogens is 272 g/mol. The van der Waals surface area contributed by atoms with Crippen LogP contribution in [0.4, 0.5) is 0 Å². The van der Waals surface area contributed by atoms with Crippen molar-refractivity contribution in [2.24, 2.45) is 0 Å². The molecule has 0 aromatic carbocycles. The summed E-state index contributed by atoms with van der Waals surface area (Å²) >= 11 is 0. The second-order valence-corrected chi connectivity index (χ2v) is 5.08. The molecule has 110 valence electrons. The van der Waals surface area contributed by atoms with E-state index in [-0.39, 0.29) is 5.56 Å². The lowest BCUT2D eigenvalue weighted by molar-refractivity contribution is 0.0695. The van der Waals surface area contributed by atoms with Crippen LogP contribution in [0.1, 0.15) is 16.8 Å². The first-order chi connectivity index (χ1) is 10.1. The first kappa shape index (κ1) is 13.6. The molecule has 0 radical (unpaired) electrons. The Balaban J connectivity index is 2.20. The number of aromatic carboxylic acids is 1. The zero-order valence-electron chi connectivity index (χ0n) is 11.6. The number of nitrogens with zero attached hydrogens (tertiary/aromatic N) is 3. The van der Waals surface area contributed by atoms with Gasteiger partial charge in [0, 0.05) is 31.5 Å². The fraction of sp³-hybridized carbons (Fsp3) is 0.357. The number of carboxylic acids is 1. The number of hydrogen-bond acceptors (Lipinski definition) is 5. The molecule has 3 heterocycles. The predicted molar refractivity (Wildman–Crippen MR) is 78.4 cm³/mol. The molecule has 3 rings (SSSR count). The minimum absolute atomic E-state index is 0.233. The molecule has 0 spiro atoms. The van der Waals surface area contributed by atoms with Crippen molar-refractivity contribution in [1.82, 2.24) is 15.0 Å². The predicted octanol–water partition coefficient (Wildman–Crippen LogP) is 0.0244. The van der Waals surface area contributed by atoms with E-state index in [2.05, 4.69) is 10.3 Å². The minimum atomic E-state index is -1.22. The van der Waals surface area contributed by atoms with Crippen molar-refractivity contribution in [3.63, 3.8) is 0 Å². The molecule has 1 aliphatic rings. The second-order valence-electron chi connectivity index (χ2n) is 5.08. The third kappa shape index (κ3) is 2.25. The van der Waals surface area contributed by atoms with Gasteiger partial charge in [-0.3, -0.25) is 4.79 Å². The fourth-order valence-corrected chi connectivity index (χ4v) is 2.69. The van der Waals surface area contributed by atoms with E-state index in [4.69, 9.17) is 0 Å². The number of pyridine rings is 2. The maximum atomic E-state index is 12.2. The molecule has 1 fully saturated rings. The monoisotopic (exact) mass is 288 g/mol. The van der Waals surface area contributed by atoms with Crippen LogP contribution in [0.5, 0.6) is 0 Å². The number of hydrogen-bond donors (Lipinski definition) is 2. The van der Waals surface area contributed by atoms with Gasteiger partial charge in [0.15, 0.2) is 5.65 Å². The van der Waals surface area contributed by atoms with Gasteiger partial charge in [-0.2, -0.15) is 0 Å². The van der Waals surface area contributed by atoms with Crippen molar-refractivity contribution in [3.05, 3.63) is 40.3 Å². The Morgan fingerprint density at radius 1 is 1.52 bits per heavy atom. The third-order valence-corrected chi connectivity index (χ3v) is 3.85. The van der Waals surface area contributed by atoms with Gasteiger partial charge in [-0.05, 0) is 25.6 Å². The highest BCUT2D eigenvalue weighted by Crippen LogP contribution is 2.14. The van der Waals surface area contributed by atoms with Crippen molar-refractivity contribution in [2.45, 2.75) is 12.5 Å². The van der Waals surface area contributed by atoms with Gasteiger partial charge < -0.3 is 15.4 Å². The largest absolute Gasteiger partial charge is 0.477 e. The Labute approximate surface area is 120 Å². The molecule has 1 saturated heterocycles. The Kier molecular flexibility index (Phi) is 3.34. The topological polar surface area (TPSA) is 87.5 Å². The van der Waals surface area contributed by atoms with Gasteiger partial charge in [0.05, 0.1) is 5.39 Å². The zero-order chi connectivity index (χ0) is 15.0. The molecule has 0 unspecified atom stereocenters. The van der Waals surface area contributed by atoms with Gasteiger partial charge in [-0.1, -0.05) is 0 Å². The molecule has 1 atom stereocenters. The standard InChI is InChI=1S/C14H16N4O3/c1-15-9-4-6-17(7-9)18-8-11(14(20)21)12(19)10-3-2-5-16-13(10)18/h2-3,5,8-9,15H,4,6-7H2,1H3,(H,20,21)/t9-/m0/s1. The minimum Gasteiger partial charge on any atom is -0.477 e. The maximum absolute atomic E-state index is 12.2. The summed E-state index contributed by atoms with van der Waals surface area (Å²) in [5.74, 6) is -1.22. The maximum Gasteiger partial charge on any atom is 0.341 e. The Morgan fingerprint density at radius 3 is 3.00 bits per heavy atom. The van der Waals surface area contributed by atoms with Gasteiger partial charge in [0.1, 0.15) is 5.56 Å². The van der Waals surface area contributed by atoms with E-state index >= 15 is 0 Å². The average Bonchev–Trinajstić information content (AvgIpc) is 2.96. The lowest BCUT2D eigenvalue weighted by atomic mass is 10.2. The van der Waals surface area contributed by atoms with Crippen LogP contribution in [0.2, 0.25) is 0 Å². The molecule has 0 saturated carbocycles. The number of rotatable bonds is 3. The molecule has 2 aromatic rings. The van der Waals surface area contributed by atoms with E-state index in [1.165, 1.54) is 6.20 Å². The Hall–Kier alpha value is -2.41. The number of likely N-dealkylation sites (N-methyl/N-ethyl adjacent to an activating group) is 1. The first-order valence-electron chi connectivity index (χ1n) is 6.78. The van der Waals surface area contributed by atoms with E-state index in [1.54, 1.807) is 23.0 Å². The van der Waals surface area contributed by atoms with E-state index < -0.39 is 11.4 Å². The molecule has 7 heteroatoms. The van der Waals surface area contributed by atoms with Crippen molar-refractivity contribution in [1.29, 1.82) is 0 Å². The van der Waals surface area contributed by atoms with Crippen molar-refractivity contribution in [3.8, 4) is 0 Å². The number of carboxylic acid groups (broad SMARTS) is 1. The summed E-state index contributed by atoms with van der Waals surface area (Å²) in [6.07, 6.45) is 3.93. The first-order valence-corrected chi connectivity index (χ1v) is 6.78. The van der Waals surface area contributed by atoms with Crippen molar-refractivity contribution < 1.29 is 9.90 Å². The summed E-state index contributed by atoms with van der Waals surface area (Å²) in [4.78, 5) is 27.7. The van der Waals surface area contributed by atoms with Crippen LogP contribution in [0, 0.1) is 0 Å². The van der Waals surface area contributed by atoms with Gasteiger partial charge in [-0.25, -0.2) is 14.5 Å². The van der Waals surface area contributed by atoms with E-state index in [1.807, 2.05) is 12.1 Å². The molecule has 2 aromatic heterocycles. The molecule has 2 N–H and O–H groups in total. The molecule has 0 aliphatic carbocycles. The van der Waals surface area contributed by atoms with Crippen LogP contribution < -0.4 is 15.8 Å². The van der Waals surface area contributed by atoms with E-state index in [9.17, 15) is 14.7 Å². The molecule has 0 amide bonds. The summed E-state index contributed by atoms with van der Waals surface area (Å²) in [5, 5.41) is 14.8. The summed E-state index contributed by atoms with van der Waals surface area (Å²) in [7, 11) is 1.90. The van der Waals surface area contributed by atoms with Crippen LogP contribution in [0.15, 0.2) is 29.3 Å². The molecule has 7 nitrogen and oxygen atoms in total. The number of aromatic nitrogens is 2. The van der Waals surface area contributed by atoms with E-state index in [0.29, 0.717) is 17.1 Å².